The second kappa shape index (κ2) is 5.21. The average molecular weight is 234 g/mol. The Morgan fingerprint density at radius 3 is 2.35 bits per heavy atom. The third kappa shape index (κ3) is 2.78. The molecule has 0 aliphatic heterocycles. The lowest BCUT2D eigenvalue weighted by Gasteiger charge is -2.16. The standard InChI is InChI=1S/C14H18O3/c15-13-8-7-11(14(16)17)9-12(13)10-5-3-1-2-4-6-10/h7-10,15H,1-6H2,(H,16,17). The van der Waals surface area contributed by atoms with Crippen LogP contribution in [0.15, 0.2) is 18.2 Å². The summed E-state index contributed by atoms with van der Waals surface area (Å²) in [6.45, 7) is 0. The highest BCUT2D eigenvalue weighted by atomic mass is 16.4. The zero-order valence-electron chi connectivity index (χ0n) is 9.85. The molecule has 1 aromatic rings. The molecule has 0 unspecified atom stereocenters. The largest absolute Gasteiger partial charge is 0.508 e. The number of phenols is 1. The van der Waals surface area contributed by atoms with Crippen LogP contribution in [0.3, 0.4) is 0 Å². The Bertz CT molecular complexity index is 404. The Hall–Kier alpha value is -1.51. The van der Waals surface area contributed by atoms with E-state index < -0.39 is 5.97 Å². The Kier molecular flexibility index (Phi) is 3.67. The van der Waals surface area contributed by atoms with Gasteiger partial charge in [0.05, 0.1) is 5.56 Å². The monoisotopic (exact) mass is 234 g/mol. The van der Waals surface area contributed by atoms with Crippen LogP contribution in [0.2, 0.25) is 0 Å². The number of carbonyl (C=O) groups is 1. The van der Waals surface area contributed by atoms with Crippen molar-refractivity contribution in [3.05, 3.63) is 29.3 Å². The van der Waals surface area contributed by atoms with Crippen LogP contribution in [0.25, 0.3) is 0 Å². The summed E-state index contributed by atoms with van der Waals surface area (Å²) in [7, 11) is 0. The summed E-state index contributed by atoms with van der Waals surface area (Å²) in [4.78, 5) is 10.9. The molecule has 1 fully saturated rings. The number of aromatic hydroxyl groups is 1. The highest BCUT2D eigenvalue weighted by Gasteiger charge is 2.19. The number of hydrogen-bond acceptors (Lipinski definition) is 2. The first kappa shape index (κ1) is 12.0. The molecule has 2 rings (SSSR count). The van der Waals surface area contributed by atoms with Crippen LogP contribution in [-0.4, -0.2) is 16.2 Å². The third-order valence-electron chi connectivity index (χ3n) is 3.57. The molecule has 0 saturated heterocycles. The van der Waals surface area contributed by atoms with E-state index in [1.807, 2.05) is 0 Å². The number of aromatic carboxylic acids is 1. The lowest BCUT2D eigenvalue weighted by molar-refractivity contribution is 0.0696. The van der Waals surface area contributed by atoms with Crippen LogP contribution in [0.1, 0.15) is 60.4 Å². The van der Waals surface area contributed by atoms with E-state index in [-0.39, 0.29) is 11.3 Å². The van der Waals surface area contributed by atoms with Gasteiger partial charge in [0, 0.05) is 0 Å². The minimum Gasteiger partial charge on any atom is -0.508 e. The van der Waals surface area contributed by atoms with Crippen molar-refractivity contribution in [3.8, 4) is 5.75 Å². The number of rotatable bonds is 2. The molecule has 0 amide bonds. The molecule has 1 saturated carbocycles. The van der Waals surface area contributed by atoms with Crippen molar-refractivity contribution in [3.63, 3.8) is 0 Å². The van der Waals surface area contributed by atoms with Gasteiger partial charge in [-0.3, -0.25) is 0 Å². The molecule has 17 heavy (non-hydrogen) atoms. The topological polar surface area (TPSA) is 57.5 Å². The Balaban J connectivity index is 2.28. The third-order valence-corrected chi connectivity index (χ3v) is 3.57. The molecular formula is C14H18O3. The summed E-state index contributed by atoms with van der Waals surface area (Å²) in [6.07, 6.45) is 6.93. The molecule has 0 radical (unpaired) electrons. The average Bonchev–Trinajstić information content (AvgIpc) is 2.58. The maximum absolute atomic E-state index is 10.9. The van der Waals surface area contributed by atoms with Gasteiger partial charge in [0.25, 0.3) is 0 Å². The molecule has 3 heteroatoms. The van der Waals surface area contributed by atoms with E-state index in [4.69, 9.17) is 5.11 Å². The number of hydrogen-bond donors (Lipinski definition) is 2. The van der Waals surface area contributed by atoms with Gasteiger partial charge in [0.1, 0.15) is 5.75 Å². The van der Waals surface area contributed by atoms with Gasteiger partial charge in [0.15, 0.2) is 0 Å². The predicted octanol–water partition coefficient (Wildman–Crippen LogP) is 3.53. The quantitative estimate of drug-likeness (QED) is 0.769. The maximum Gasteiger partial charge on any atom is 0.335 e. The van der Waals surface area contributed by atoms with Gasteiger partial charge in [-0.15, -0.1) is 0 Å². The fourth-order valence-electron chi connectivity index (χ4n) is 2.60. The fraction of sp³-hybridized carbons (Fsp3) is 0.500. The van der Waals surface area contributed by atoms with Gasteiger partial charge in [-0.25, -0.2) is 4.79 Å². The lowest BCUT2D eigenvalue weighted by atomic mass is 9.90. The summed E-state index contributed by atoms with van der Waals surface area (Å²) in [5.74, 6) is -0.376. The second-order valence-corrected chi connectivity index (χ2v) is 4.77. The molecule has 0 bridgehead atoms. The fourth-order valence-corrected chi connectivity index (χ4v) is 2.60. The van der Waals surface area contributed by atoms with E-state index in [9.17, 15) is 9.90 Å². The van der Waals surface area contributed by atoms with Gasteiger partial charge >= 0.3 is 5.97 Å². The van der Waals surface area contributed by atoms with Crippen LogP contribution in [0, 0.1) is 0 Å². The van der Waals surface area contributed by atoms with Crippen LogP contribution in [0.5, 0.6) is 5.75 Å². The minimum atomic E-state index is -0.931. The molecule has 92 valence electrons. The first-order chi connectivity index (χ1) is 8.18. The second-order valence-electron chi connectivity index (χ2n) is 4.77. The highest BCUT2D eigenvalue weighted by Crippen LogP contribution is 2.36. The van der Waals surface area contributed by atoms with Crippen molar-refractivity contribution < 1.29 is 15.0 Å². The van der Waals surface area contributed by atoms with Crippen molar-refractivity contribution in [2.24, 2.45) is 0 Å². The van der Waals surface area contributed by atoms with Crippen LogP contribution >= 0.6 is 0 Å². The van der Waals surface area contributed by atoms with E-state index in [1.165, 1.54) is 37.8 Å². The minimum absolute atomic E-state index is 0.238. The Labute approximate surface area is 101 Å². The molecule has 0 aromatic heterocycles. The Morgan fingerprint density at radius 2 is 1.76 bits per heavy atom. The summed E-state index contributed by atoms with van der Waals surface area (Å²) >= 11 is 0. The lowest BCUT2D eigenvalue weighted by Crippen LogP contribution is -2.02. The molecule has 3 nitrogen and oxygen atoms in total. The zero-order valence-corrected chi connectivity index (χ0v) is 9.85. The van der Waals surface area contributed by atoms with Crippen molar-refractivity contribution in [2.45, 2.75) is 44.4 Å². The molecule has 0 heterocycles. The maximum atomic E-state index is 10.9. The van der Waals surface area contributed by atoms with Gasteiger partial charge in [0.2, 0.25) is 0 Å². The summed E-state index contributed by atoms with van der Waals surface area (Å²) in [5, 5.41) is 18.8. The molecule has 1 aliphatic carbocycles. The van der Waals surface area contributed by atoms with Crippen molar-refractivity contribution in [2.75, 3.05) is 0 Å². The number of carboxylic acid groups (broad SMARTS) is 1. The smallest absolute Gasteiger partial charge is 0.335 e. The summed E-state index contributed by atoms with van der Waals surface area (Å²) in [6, 6.07) is 4.59. The summed E-state index contributed by atoms with van der Waals surface area (Å²) < 4.78 is 0. The zero-order chi connectivity index (χ0) is 12.3. The number of phenolic OH excluding ortho intramolecular Hbond substituents is 1. The normalized spacial score (nSPS) is 17.6. The van der Waals surface area contributed by atoms with E-state index in [1.54, 1.807) is 6.07 Å². The summed E-state index contributed by atoms with van der Waals surface area (Å²) in [5.41, 5.74) is 1.08. The molecule has 1 aliphatic rings. The van der Waals surface area contributed by atoms with Gasteiger partial charge < -0.3 is 10.2 Å². The predicted molar refractivity (Wildman–Crippen MR) is 65.5 cm³/mol. The van der Waals surface area contributed by atoms with E-state index in [0.29, 0.717) is 5.92 Å². The van der Waals surface area contributed by atoms with Gasteiger partial charge in [-0.05, 0) is 42.5 Å². The van der Waals surface area contributed by atoms with Gasteiger partial charge in [-0.1, -0.05) is 25.7 Å². The van der Waals surface area contributed by atoms with E-state index in [0.717, 1.165) is 18.4 Å². The Morgan fingerprint density at radius 1 is 1.12 bits per heavy atom. The molecule has 1 aromatic carbocycles. The van der Waals surface area contributed by atoms with E-state index >= 15 is 0 Å². The number of carboxylic acids is 1. The molecule has 0 spiro atoms. The first-order valence-corrected chi connectivity index (χ1v) is 6.24. The van der Waals surface area contributed by atoms with Crippen LogP contribution < -0.4 is 0 Å². The van der Waals surface area contributed by atoms with E-state index in [2.05, 4.69) is 0 Å². The van der Waals surface area contributed by atoms with Gasteiger partial charge in [-0.2, -0.15) is 0 Å². The van der Waals surface area contributed by atoms with Crippen molar-refractivity contribution in [1.29, 1.82) is 0 Å². The molecular weight excluding hydrogens is 216 g/mol. The highest BCUT2D eigenvalue weighted by molar-refractivity contribution is 5.88. The van der Waals surface area contributed by atoms with Crippen LogP contribution in [-0.2, 0) is 0 Å². The first-order valence-electron chi connectivity index (χ1n) is 6.24. The number of benzene rings is 1. The SMILES string of the molecule is O=C(O)c1ccc(O)c(C2CCCCCC2)c1. The van der Waals surface area contributed by atoms with Crippen LogP contribution in [0.4, 0.5) is 0 Å². The molecule has 0 atom stereocenters. The molecule has 2 N–H and O–H groups in total. The van der Waals surface area contributed by atoms with Crippen molar-refractivity contribution >= 4 is 5.97 Å². The van der Waals surface area contributed by atoms with Crippen molar-refractivity contribution in [1.82, 2.24) is 0 Å².